The van der Waals surface area contributed by atoms with Gasteiger partial charge in [-0.3, -0.25) is 9.89 Å². The van der Waals surface area contributed by atoms with Gasteiger partial charge in [-0.25, -0.2) is 13.1 Å². The van der Waals surface area contributed by atoms with Crippen molar-refractivity contribution in [3.05, 3.63) is 46.2 Å². The number of hydrogen-bond donors (Lipinski definition) is 3. The van der Waals surface area contributed by atoms with Crippen LogP contribution in [0.2, 0.25) is 5.02 Å². The van der Waals surface area contributed by atoms with Crippen molar-refractivity contribution in [3.8, 4) is 0 Å². The highest BCUT2D eigenvalue weighted by Crippen LogP contribution is 2.16. The van der Waals surface area contributed by atoms with Gasteiger partial charge in [0.15, 0.2) is 0 Å². The van der Waals surface area contributed by atoms with E-state index < -0.39 is 15.9 Å². The van der Waals surface area contributed by atoms with Gasteiger partial charge in [0.2, 0.25) is 15.9 Å². The Morgan fingerprint density at radius 2 is 2.00 bits per heavy atom. The zero-order valence-electron chi connectivity index (χ0n) is 12.7. The zero-order valence-corrected chi connectivity index (χ0v) is 14.3. The Morgan fingerprint density at radius 3 is 2.61 bits per heavy atom. The van der Waals surface area contributed by atoms with E-state index in [1.807, 2.05) is 0 Å². The molecular formula is C14H17ClN4O3S. The van der Waals surface area contributed by atoms with E-state index in [1.54, 1.807) is 38.1 Å². The number of H-pyrrole nitrogens is 1. The van der Waals surface area contributed by atoms with Crippen LogP contribution in [0.1, 0.15) is 17.0 Å². The lowest BCUT2D eigenvalue weighted by molar-refractivity contribution is -0.120. The summed E-state index contributed by atoms with van der Waals surface area (Å²) in [6.07, 6.45) is 0. The van der Waals surface area contributed by atoms with E-state index in [-0.39, 0.29) is 18.0 Å². The number of hydrogen-bond acceptors (Lipinski definition) is 4. The van der Waals surface area contributed by atoms with Crippen LogP contribution in [0.15, 0.2) is 29.2 Å². The first-order valence-electron chi connectivity index (χ1n) is 6.82. The summed E-state index contributed by atoms with van der Waals surface area (Å²) in [6.45, 7) is 3.04. The monoisotopic (exact) mass is 356 g/mol. The van der Waals surface area contributed by atoms with E-state index in [4.69, 9.17) is 11.6 Å². The highest BCUT2D eigenvalue weighted by molar-refractivity contribution is 7.89. The van der Waals surface area contributed by atoms with Gasteiger partial charge in [-0.15, -0.1) is 0 Å². The standard InChI is InChI=1S/C14H17ClN4O3S/c1-9-14(10(2)19-18-9)23(21,22)17-8-13(20)16-7-11-5-3-4-6-12(11)15/h3-6,17H,7-8H2,1-2H3,(H,16,20)(H,18,19). The maximum Gasteiger partial charge on any atom is 0.244 e. The molecule has 1 amide bonds. The predicted octanol–water partition coefficient (Wildman–Crippen LogP) is 1.27. The molecule has 0 aliphatic rings. The van der Waals surface area contributed by atoms with E-state index in [0.717, 1.165) is 5.56 Å². The molecule has 1 heterocycles. The second-order valence-corrected chi connectivity index (χ2v) is 7.07. The van der Waals surface area contributed by atoms with Crippen LogP contribution in [-0.4, -0.2) is 31.1 Å². The van der Waals surface area contributed by atoms with Gasteiger partial charge in [0.1, 0.15) is 4.90 Å². The molecule has 2 aromatic rings. The third kappa shape index (κ3) is 4.31. The zero-order chi connectivity index (χ0) is 17.0. The van der Waals surface area contributed by atoms with Gasteiger partial charge >= 0.3 is 0 Å². The summed E-state index contributed by atoms with van der Waals surface area (Å²) < 4.78 is 26.7. The summed E-state index contributed by atoms with van der Waals surface area (Å²) in [5.41, 5.74) is 1.53. The van der Waals surface area contributed by atoms with Crippen LogP contribution in [0.25, 0.3) is 0 Å². The minimum absolute atomic E-state index is 0.0661. The topological polar surface area (TPSA) is 104 Å². The molecule has 9 heteroatoms. The van der Waals surface area contributed by atoms with Crippen molar-refractivity contribution in [1.82, 2.24) is 20.2 Å². The summed E-state index contributed by atoms with van der Waals surface area (Å²) in [5, 5.41) is 9.59. The number of aromatic nitrogens is 2. The average molecular weight is 357 g/mol. The molecule has 0 aliphatic carbocycles. The van der Waals surface area contributed by atoms with Crippen molar-refractivity contribution in [1.29, 1.82) is 0 Å². The SMILES string of the molecule is Cc1n[nH]c(C)c1S(=O)(=O)NCC(=O)NCc1ccccc1Cl. The Kier molecular flexibility index (Phi) is 5.40. The highest BCUT2D eigenvalue weighted by atomic mass is 35.5. The van der Waals surface area contributed by atoms with E-state index in [2.05, 4.69) is 20.2 Å². The lowest BCUT2D eigenvalue weighted by Gasteiger charge is -2.09. The third-order valence-electron chi connectivity index (χ3n) is 3.19. The van der Waals surface area contributed by atoms with Gasteiger partial charge in [0, 0.05) is 11.6 Å². The van der Waals surface area contributed by atoms with Gasteiger partial charge in [0.05, 0.1) is 17.9 Å². The molecular weight excluding hydrogens is 340 g/mol. The molecule has 0 saturated carbocycles. The molecule has 0 atom stereocenters. The minimum atomic E-state index is -3.80. The molecule has 0 spiro atoms. The summed E-state index contributed by atoms with van der Waals surface area (Å²) in [4.78, 5) is 11.9. The Bertz CT molecular complexity index is 798. The number of aryl methyl sites for hydroxylation is 2. The van der Waals surface area contributed by atoms with Crippen LogP contribution in [0, 0.1) is 13.8 Å². The molecule has 7 nitrogen and oxygen atoms in total. The number of aromatic amines is 1. The van der Waals surface area contributed by atoms with Gasteiger partial charge in [-0.2, -0.15) is 5.10 Å². The average Bonchev–Trinajstić information content (AvgIpc) is 2.84. The first-order valence-corrected chi connectivity index (χ1v) is 8.68. The minimum Gasteiger partial charge on any atom is -0.351 e. The van der Waals surface area contributed by atoms with Crippen molar-refractivity contribution in [2.45, 2.75) is 25.3 Å². The summed E-state index contributed by atoms with van der Waals surface area (Å²) in [6, 6.07) is 7.10. The second kappa shape index (κ2) is 7.12. The normalized spacial score (nSPS) is 11.4. The summed E-state index contributed by atoms with van der Waals surface area (Å²) in [5.74, 6) is -0.452. The summed E-state index contributed by atoms with van der Waals surface area (Å²) in [7, 11) is -3.80. The van der Waals surface area contributed by atoms with E-state index >= 15 is 0 Å². The van der Waals surface area contributed by atoms with Crippen LogP contribution in [0.3, 0.4) is 0 Å². The van der Waals surface area contributed by atoms with Crippen LogP contribution in [0.4, 0.5) is 0 Å². The molecule has 1 aromatic carbocycles. The molecule has 0 saturated heterocycles. The number of amides is 1. The van der Waals surface area contributed by atoms with Crippen LogP contribution in [-0.2, 0) is 21.4 Å². The smallest absolute Gasteiger partial charge is 0.244 e. The lowest BCUT2D eigenvalue weighted by atomic mass is 10.2. The van der Waals surface area contributed by atoms with Gasteiger partial charge in [-0.05, 0) is 25.5 Å². The first-order chi connectivity index (χ1) is 10.8. The van der Waals surface area contributed by atoms with Crippen LogP contribution < -0.4 is 10.0 Å². The van der Waals surface area contributed by atoms with Crippen LogP contribution in [0.5, 0.6) is 0 Å². The highest BCUT2D eigenvalue weighted by Gasteiger charge is 2.22. The molecule has 23 heavy (non-hydrogen) atoms. The molecule has 0 radical (unpaired) electrons. The molecule has 0 aliphatic heterocycles. The predicted molar refractivity (Wildman–Crippen MR) is 86.5 cm³/mol. The third-order valence-corrected chi connectivity index (χ3v) is 5.22. The fourth-order valence-corrected chi connectivity index (χ4v) is 3.62. The molecule has 1 aromatic heterocycles. The molecule has 0 fully saturated rings. The molecule has 3 N–H and O–H groups in total. The largest absolute Gasteiger partial charge is 0.351 e. The summed E-state index contributed by atoms with van der Waals surface area (Å²) >= 11 is 5.99. The van der Waals surface area contributed by atoms with Crippen molar-refractivity contribution in [2.75, 3.05) is 6.54 Å². The van der Waals surface area contributed by atoms with Gasteiger partial charge in [-0.1, -0.05) is 29.8 Å². The molecule has 0 bridgehead atoms. The maximum absolute atomic E-state index is 12.2. The fraction of sp³-hybridized carbons (Fsp3) is 0.286. The van der Waals surface area contributed by atoms with E-state index in [9.17, 15) is 13.2 Å². The van der Waals surface area contributed by atoms with Crippen molar-refractivity contribution >= 4 is 27.5 Å². The number of halogens is 1. The van der Waals surface area contributed by atoms with E-state index in [0.29, 0.717) is 16.4 Å². The van der Waals surface area contributed by atoms with Gasteiger partial charge in [0.25, 0.3) is 0 Å². The quantitative estimate of drug-likeness (QED) is 0.725. The number of carbonyl (C=O) groups excluding carboxylic acids is 1. The first kappa shape index (κ1) is 17.5. The number of rotatable bonds is 6. The Labute approximate surface area is 139 Å². The van der Waals surface area contributed by atoms with Crippen molar-refractivity contribution in [2.24, 2.45) is 0 Å². The maximum atomic E-state index is 12.2. The fourth-order valence-electron chi connectivity index (χ4n) is 2.07. The Hall–Kier alpha value is -1.90. The van der Waals surface area contributed by atoms with Crippen molar-refractivity contribution in [3.63, 3.8) is 0 Å². The Morgan fingerprint density at radius 1 is 1.30 bits per heavy atom. The molecule has 124 valence electrons. The van der Waals surface area contributed by atoms with E-state index in [1.165, 1.54) is 0 Å². The Balaban J connectivity index is 1.93. The number of benzene rings is 1. The lowest BCUT2D eigenvalue weighted by Crippen LogP contribution is -2.36. The van der Waals surface area contributed by atoms with Crippen molar-refractivity contribution < 1.29 is 13.2 Å². The number of carbonyl (C=O) groups is 1. The van der Waals surface area contributed by atoms with Crippen LogP contribution >= 0.6 is 11.6 Å². The second-order valence-electron chi connectivity index (χ2n) is 4.96. The number of nitrogens with zero attached hydrogens (tertiary/aromatic N) is 1. The molecule has 0 unspecified atom stereocenters. The van der Waals surface area contributed by atoms with Gasteiger partial charge < -0.3 is 5.32 Å². The number of sulfonamides is 1. The molecule has 2 rings (SSSR count). The number of nitrogens with one attached hydrogen (secondary N) is 3.